The minimum atomic E-state index is -3.84. The zero-order valence-corrected chi connectivity index (χ0v) is 25.6. The van der Waals surface area contributed by atoms with Crippen molar-refractivity contribution in [3.63, 3.8) is 0 Å². The van der Waals surface area contributed by atoms with Crippen LogP contribution in [0.1, 0.15) is 22.3 Å². The largest absolute Gasteiger partial charge is 0.496 e. The number of nitrogen functional groups attached to an aromatic ring is 1. The molecular formula is C29H29ClN8O6S. The first kappa shape index (κ1) is 32.7. The van der Waals surface area contributed by atoms with Gasteiger partial charge in [-0.15, -0.1) is 0 Å². The molecule has 0 unspecified atom stereocenters. The highest BCUT2D eigenvalue weighted by Gasteiger charge is 2.20. The molecule has 0 radical (unpaired) electrons. The van der Waals surface area contributed by atoms with Gasteiger partial charge in [0.25, 0.3) is 5.91 Å². The van der Waals surface area contributed by atoms with Crippen molar-refractivity contribution in [1.82, 2.24) is 19.6 Å². The number of nitrogens with one attached hydrogen (secondary N) is 3. The number of benzene rings is 2. The number of nitro groups is 1. The number of methoxy groups -OCH3 is 1. The lowest BCUT2D eigenvalue weighted by Crippen LogP contribution is -2.34. The number of nitriles is 1. The minimum absolute atomic E-state index is 0.00402. The molecule has 0 aliphatic rings. The first-order chi connectivity index (χ1) is 21.5. The lowest BCUT2D eigenvalue weighted by Gasteiger charge is -2.11. The summed E-state index contributed by atoms with van der Waals surface area (Å²) in [6.45, 7) is 0.895. The number of hydrogen-bond acceptors (Lipinski definition) is 10. The zero-order valence-electron chi connectivity index (χ0n) is 24.0. The number of anilines is 2. The first-order valence-electron chi connectivity index (χ1n) is 13.5. The van der Waals surface area contributed by atoms with Gasteiger partial charge in [0.2, 0.25) is 15.8 Å². The Morgan fingerprint density at radius 2 is 1.87 bits per heavy atom. The van der Waals surface area contributed by atoms with Crippen molar-refractivity contribution in [3.05, 3.63) is 93.3 Å². The summed E-state index contributed by atoms with van der Waals surface area (Å²) in [7, 11) is -2.34. The van der Waals surface area contributed by atoms with E-state index >= 15 is 0 Å². The number of aromatic nitrogens is 2. The lowest BCUT2D eigenvalue weighted by atomic mass is 10.0. The van der Waals surface area contributed by atoms with Crippen LogP contribution in [0, 0.1) is 21.4 Å². The van der Waals surface area contributed by atoms with Crippen molar-refractivity contribution in [2.75, 3.05) is 37.8 Å². The van der Waals surface area contributed by atoms with E-state index in [4.69, 9.17) is 27.3 Å². The molecule has 0 atom stereocenters. The van der Waals surface area contributed by atoms with Gasteiger partial charge in [0.15, 0.2) is 0 Å². The van der Waals surface area contributed by atoms with Crippen LogP contribution in [-0.4, -0.2) is 55.5 Å². The highest BCUT2D eigenvalue weighted by Crippen LogP contribution is 2.35. The van der Waals surface area contributed by atoms with Gasteiger partial charge in [-0.1, -0.05) is 11.6 Å². The molecule has 0 spiro atoms. The fourth-order valence-electron chi connectivity index (χ4n) is 4.37. The Morgan fingerprint density at radius 1 is 1.11 bits per heavy atom. The van der Waals surface area contributed by atoms with Crippen LogP contribution in [0.4, 0.5) is 17.3 Å². The zero-order chi connectivity index (χ0) is 32.6. The SMILES string of the molecule is COc1cc(Cl)ccc1-c1cn(CCCNc2ccc([N+](=O)[O-])c(N)n2)cc1C(=O)NCCNS(=O)(=O)c1ccc(C#N)cc1. The number of pyridine rings is 1. The van der Waals surface area contributed by atoms with Gasteiger partial charge in [0, 0.05) is 60.8 Å². The van der Waals surface area contributed by atoms with Crippen molar-refractivity contribution in [1.29, 1.82) is 5.26 Å². The number of rotatable bonds is 14. The van der Waals surface area contributed by atoms with Crippen molar-refractivity contribution >= 4 is 44.9 Å². The molecule has 16 heteroatoms. The van der Waals surface area contributed by atoms with E-state index < -0.39 is 20.9 Å². The van der Waals surface area contributed by atoms with Gasteiger partial charge in [-0.3, -0.25) is 14.9 Å². The maximum atomic E-state index is 13.3. The van der Waals surface area contributed by atoms with Crippen LogP contribution < -0.4 is 25.8 Å². The number of hydrogen-bond donors (Lipinski definition) is 4. The fourth-order valence-corrected chi connectivity index (χ4v) is 5.56. The second kappa shape index (κ2) is 14.5. The molecule has 1 amide bonds. The van der Waals surface area contributed by atoms with E-state index in [1.54, 1.807) is 30.6 Å². The Hall–Kier alpha value is -5.17. The van der Waals surface area contributed by atoms with Crippen LogP contribution in [0.15, 0.2) is 71.9 Å². The lowest BCUT2D eigenvalue weighted by molar-refractivity contribution is -0.384. The molecule has 4 aromatic rings. The monoisotopic (exact) mass is 652 g/mol. The summed E-state index contributed by atoms with van der Waals surface area (Å²) < 4.78 is 35.0. The van der Waals surface area contributed by atoms with Crippen LogP contribution >= 0.6 is 11.6 Å². The topological polar surface area (TPSA) is 207 Å². The number of amides is 1. The van der Waals surface area contributed by atoms with Gasteiger partial charge in [-0.05, 0) is 55.0 Å². The number of carbonyl (C=O) groups is 1. The van der Waals surface area contributed by atoms with Gasteiger partial charge in [0.1, 0.15) is 11.6 Å². The third kappa shape index (κ3) is 8.26. The predicted octanol–water partition coefficient (Wildman–Crippen LogP) is 3.78. The molecular weight excluding hydrogens is 624 g/mol. The number of aryl methyl sites for hydroxylation is 1. The maximum absolute atomic E-state index is 13.3. The van der Waals surface area contributed by atoms with Crippen LogP contribution in [0.2, 0.25) is 5.02 Å². The van der Waals surface area contributed by atoms with E-state index in [0.29, 0.717) is 58.4 Å². The van der Waals surface area contributed by atoms with Crippen LogP contribution in [0.3, 0.4) is 0 Å². The highest BCUT2D eigenvalue weighted by molar-refractivity contribution is 7.89. The number of carbonyl (C=O) groups excluding carboxylic acids is 1. The van der Waals surface area contributed by atoms with Gasteiger partial charge >= 0.3 is 5.69 Å². The molecule has 0 aliphatic carbocycles. The Balaban J connectivity index is 1.43. The van der Waals surface area contributed by atoms with Crippen molar-refractivity contribution in [3.8, 4) is 22.9 Å². The predicted molar refractivity (Wildman–Crippen MR) is 169 cm³/mol. The molecule has 2 heterocycles. The van der Waals surface area contributed by atoms with Crippen molar-refractivity contribution < 1.29 is 22.9 Å². The molecule has 2 aromatic heterocycles. The number of nitrogens with zero attached hydrogens (tertiary/aromatic N) is 4. The number of ether oxygens (including phenoxy) is 1. The van der Waals surface area contributed by atoms with Crippen molar-refractivity contribution in [2.24, 2.45) is 0 Å². The first-order valence-corrected chi connectivity index (χ1v) is 15.3. The quantitative estimate of drug-likeness (QED) is 0.0880. The molecule has 2 aromatic carbocycles. The Bertz CT molecular complexity index is 1860. The smallest absolute Gasteiger partial charge is 0.311 e. The molecule has 0 fully saturated rings. The van der Waals surface area contributed by atoms with Gasteiger partial charge < -0.3 is 25.7 Å². The summed E-state index contributed by atoms with van der Waals surface area (Å²) in [6, 6.07) is 15.2. The molecule has 0 bridgehead atoms. The number of sulfonamides is 1. The van der Waals surface area contributed by atoms with E-state index in [-0.39, 0.29) is 29.5 Å². The Kier molecular flexibility index (Phi) is 10.6. The second-order valence-corrected chi connectivity index (χ2v) is 11.8. The average Bonchev–Trinajstić information content (AvgIpc) is 3.45. The van der Waals surface area contributed by atoms with E-state index in [1.807, 2.05) is 10.6 Å². The van der Waals surface area contributed by atoms with Gasteiger partial charge in [0.05, 0.1) is 34.1 Å². The Labute approximate surface area is 264 Å². The highest BCUT2D eigenvalue weighted by atomic mass is 35.5. The second-order valence-electron chi connectivity index (χ2n) is 9.60. The third-order valence-corrected chi connectivity index (χ3v) is 8.29. The Morgan fingerprint density at radius 3 is 2.53 bits per heavy atom. The van der Waals surface area contributed by atoms with E-state index in [0.717, 1.165) is 0 Å². The summed E-state index contributed by atoms with van der Waals surface area (Å²) in [6.07, 6.45) is 4.08. The number of nitrogens with two attached hydrogens (primary N) is 1. The summed E-state index contributed by atoms with van der Waals surface area (Å²) in [4.78, 5) is 27.7. The molecule has 0 aliphatic heterocycles. The van der Waals surface area contributed by atoms with E-state index in [1.165, 1.54) is 43.5 Å². The van der Waals surface area contributed by atoms with Crippen LogP contribution in [0.25, 0.3) is 11.1 Å². The average molecular weight is 653 g/mol. The number of halogens is 1. The summed E-state index contributed by atoms with van der Waals surface area (Å²) in [5.41, 5.74) is 7.28. The molecule has 4 rings (SSSR count). The molecule has 234 valence electrons. The normalized spacial score (nSPS) is 11.0. The van der Waals surface area contributed by atoms with Crippen LogP contribution in [0.5, 0.6) is 5.75 Å². The molecule has 5 N–H and O–H groups in total. The third-order valence-electron chi connectivity index (χ3n) is 6.57. The molecule has 0 saturated carbocycles. The van der Waals surface area contributed by atoms with Crippen molar-refractivity contribution in [2.45, 2.75) is 17.9 Å². The molecule has 14 nitrogen and oxygen atoms in total. The van der Waals surface area contributed by atoms with E-state index in [9.17, 15) is 23.3 Å². The maximum Gasteiger partial charge on any atom is 0.311 e. The van der Waals surface area contributed by atoms with Gasteiger partial charge in [-0.2, -0.15) is 5.26 Å². The minimum Gasteiger partial charge on any atom is -0.496 e. The van der Waals surface area contributed by atoms with Gasteiger partial charge in [-0.25, -0.2) is 18.1 Å². The fraction of sp³-hybridized carbons (Fsp3) is 0.207. The van der Waals surface area contributed by atoms with E-state index in [2.05, 4.69) is 20.3 Å². The van der Waals surface area contributed by atoms with Crippen LogP contribution in [-0.2, 0) is 16.6 Å². The summed E-state index contributed by atoms with van der Waals surface area (Å²) >= 11 is 6.15. The standard InChI is InChI=1S/C29H29ClN8O6S/c1-44-26-15-20(30)5-8-22(26)23-17-37(14-2-11-33-27-10-9-25(38(40)41)28(32)36-27)18-24(23)29(39)34-12-13-35-45(42,43)21-6-3-19(16-31)4-7-21/h3-10,15,17-18,35H,2,11-14H2,1H3,(H,34,39)(H3,32,33,36). The molecule has 0 saturated heterocycles. The molecule has 45 heavy (non-hydrogen) atoms. The summed E-state index contributed by atoms with van der Waals surface area (Å²) in [5.74, 6) is 0.247. The summed E-state index contributed by atoms with van der Waals surface area (Å²) in [5, 5.41) is 26.2.